The lowest BCUT2D eigenvalue weighted by atomic mass is 10.1. The topological polar surface area (TPSA) is 80.2 Å². The van der Waals surface area contributed by atoms with E-state index in [1.54, 1.807) is 37.4 Å². The summed E-state index contributed by atoms with van der Waals surface area (Å²) in [5.74, 6) is 0.581. The minimum atomic E-state index is -0.373. The van der Waals surface area contributed by atoms with Crippen molar-refractivity contribution < 1.29 is 19.1 Å². The molecule has 134 valence electrons. The summed E-state index contributed by atoms with van der Waals surface area (Å²) >= 11 is 0. The van der Waals surface area contributed by atoms with Crippen LogP contribution >= 0.6 is 0 Å². The fraction of sp³-hybridized carbons (Fsp3) is 0.211. The number of anilines is 2. The molecule has 26 heavy (non-hydrogen) atoms. The number of nitrogens with one attached hydrogen (secondary N) is 1. The maximum Gasteiger partial charge on any atom is 0.271 e. The molecule has 1 heterocycles. The Balaban J connectivity index is 1.82. The van der Waals surface area contributed by atoms with Gasteiger partial charge in [-0.25, -0.2) is 5.01 Å². The molecule has 2 aromatic carbocycles. The van der Waals surface area contributed by atoms with Gasteiger partial charge in [-0.2, -0.15) is 5.10 Å². The van der Waals surface area contributed by atoms with Crippen LogP contribution in [0.5, 0.6) is 11.5 Å². The van der Waals surface area contributed by atoms with Gasteiger partial charge in [0, 0.05) is 18.9 Å². The summed E-state index contributed by atoms with van der Waals surface area (Å²) in [6.07, 6.45) is 0.507. The molecule has 0 fully saturated rings. The van der Waals surface area contributed by atoms with Crippen LogP contribution < -0.4 is 19.8 Å². The first-order valence-electron chi connectivity index (χ1n) is 8.11. The number of benzene rings is 2. The summed E-state index contributed by atoms with van der Waals surface area (Å²) in [4.78, 5) is 24.8. The predicted molar refractivity (Wildman–Crippen MR) is 98.8 cm³/mol. The Morgan fingerprint density at radius 2 is 1.85 bits per heavy atom. The van der Waals surface area contributed by atoms with E-state index in [0.717, 1.165) is 0 Å². The van der Waals surface area contributed by atoms with Gasteiger partial charge in [0.05, 0.1) is 25.6 Å². The highest BCUT2D eigenvalue weighted by Gasteiger charge is 2.26. The first kappa shape index (κ1) is 17.5. The third kappa shape index (κ3) is 3.66. The molecule has 2 amide bonds. The van der Waals surface area contributed by atoms with Gasteiger partial charge in [-0.05, 0) is 24.3 Å². The van der Waals surface area contributed by atoms with Gasteiger partial charge >= 0.3 is 0 Å². The molecule has 0 aliphatic carbocycles. The van der Waals surface area contributed by atoms with Crippen molar-refractivity contribution in [1.82, 2.24) is 0 Å². The first-order valence-corrected chi connectivity index (χ1v) is 8.11. The molecule has 1 N–H and O–H groups in total. The summed E-state index contributed by atoms with van der Waals surface area (Å²) in [5.41, 5.74) is 1.42. The average molecular weight is 353 g/mol. The van der Waals surface area contributed by atoms with Gasteiger partial charge in [-0.15, -0.1) is 0 Å². The summed E-state index contributed by atoms with van der Waals surface area (Å²) in [6, 6.07) is 14.1. The third-order valence-electron chi connectivity index (χ3n) is 3.95. The Morgan fingerprint density at radius 3 is 2.54 bits per heavy atom. The average Bonchev–Trinajstić information content (AvgIpc) is 2.69. The molecule has 0 spiro atoms. The van der Waals surface area contributed by atoms with Gasteiger partial charge in [-0.3, -0.25) is 9.59 Å². The van der Waals surface area contributed by atoms with Crippen molar-refractivity contribution >= 4 is 28.9 Å². The van der Waals surface area contributed by atoms with Gasteiger partial charge in [-0.1, -0.05) is 18.2 Å². The summed E-state index contributed by atoms with van der Waals surface area (Å²) in [6.45, 7) is 0. The quantitative estimate of drug-likeness (QED) is 0.896. The molecular formula is C19H19N3O4. The van der Waals surface area contributed by atoms with Crippen LogP contribution in [0.15, 0.2) is 53.6 Å². The van der Waals surface area contributed by atoms with Gasteiger partial charge < -0.3 is 14.8 Å². The van der Waals surface area contributed by atoms with E-state index in [0.29, 0.717) is 22.9 Å². The number of hydrogen-bond acceptors (Lipinski definition) is 5. The number of amides is 2. The number of methoxy groups -OCH3 is 2. The van der Waals surface area contributed by atoms with Crippen molar-refractivity contribution in [1.29, 1.82) is 0 Å². The highest BCUT2D eigenvalue weighted by molar-refractivity contribution is 6.44. The molecule has 7 heteroatoms. The van der Waals surface area contributed by atoms with Crippen molar-refractivity contribution in [3.63, 3.8) is 0 Å². The largest absolute Gasteiger partial charge is 0.497 e. The molecule has 0 aromatic heterocycles. The molecule has 0 saturated carbocycles. The highest BCUT2D eigenvalue weighted by Crippen LogP contribution is 2.29. The van der Waals surface area contributed by atoms with Crippen molar-refractivity contribution in [2.24, 2.45) is 5.10 Å². The molecule has 1 aliphatic rings. The van der Waals surface area contributed by atoms with E-state index in [2.05, 4.69) is 10.4 Å². The van der Waals surface area contributed by atoms with Gasteiger partial charge in [0.1, 0.15) is 17.2 Å². The molecule has 2 aromatic rings. The smallest absolute Gasteiger partial charge is 0.271 e. The standard InChI is InChI=1S/C19H19N3O4/c1-25-14-8-9-15(17(12-14)26-2)20-19(24)16-10-11-18(23)22(21-16)13-6-4-3-5-7-13/h3-9,12H,10-11H2,1-2H3,(H,20,24). The predicted octanol–water partition coefficient (Wildman–Crippen LogP) is 2.83. The number of ether oxygens (including phenoxy) is 2. The van der Waals surface area contributed by atoms with E-state index in [9.17, 15) is 9.59 Å². The van der Waals surface area contributed by atoms with E-state index >= 15 is 0 Å². The SMILES string of the molecule is COc1ccc(NC(=O)C2=NN(c3ccccc3)C(=O)CC2)c(OC)c1. The summed E-state index contributed by atoms with van der Waals surface area (Å²) < 4.78 is 10.4. The van der Waals surface area contributed by atoms with Crippen molar-refractivity contribution in [2.45, 2.75) is 12.8 Å². The minimum Gasteiger partial charge on any atom is -0.497 e. The Morgan fingerprint density at radius 1 is 1.08 bits per heavy atom. The van der Waals surface area contributed by atoms with Crippen LogP contribution in [0.3, 0.4) is 0 Å². The number of carbonyl (C=O) groups is 2. The fourth-order valence-corrected chi connectivity index (χ4v) is 2.58. The van der Waals surface area contributed by atoms with Crippen molar-refractivity contribution in [3.8, 4) is 11.5 Å². The zero-order valence-corrected chi connectivity index (χ0v) is 14.6. The van der Waals surface area contributed by atoms with Crippen molar-refractivity contribution in [2.75, 3.05) is 24.5 Å². The minimum absolute atomic E-state index is 0.144. The number of carbonyl (C=O) groups excluding carboxylic acids is 2. The van der Waals surface area contributed by atoms with Crippen LogP contribution in [-0.2, 0) is 9.59 Å². The maximum absolute atomic E-state index is 12.6. The number of hydrogen-bond donors (Lipinski definition) is 1. The third-order valence-corrected chi connectivity index (χ3v) is 3.95. The first-order chi connectivity index (χ1) is 12.6. The Bertz CT molecular complexity index is 849. The Labute approximate surface area is 151 Å². The van der Waals surface area contributed by atoms with Crippen LogP contribution in [0, 0.1) is 0 Å². The van der Waals surface area contributed by atoms with E-state index in [1.165, 1.54) is 12.1 Å². The molecule has 7 nitrogen and oxygen atoms in total. The fourth-order valence-electron chi connectivity index (χ4n) is 2.58. The van der Waals surface area contributed by atoms with Crippen LogP contribution in [-0.4, -0.2) is 31.7 Å². The molecule has 0 unspecified atom stereocenters. The Kier molecular flexibility index (Phi) is 5.17. The van der Waals surface area contributed by atoms with Gasteiger partial charge in [0.15, 0.2) is 0 Å². The second-order valence-corrected chi connectivity index (χ2v) is 5.61. The lowest BCUT2D eigenvalue weighted by Gasteiger charge is -2.23. The zero-order chi connectivity index (χ0) is 18.5. The molecule has 0 radical (unpaired) electrons. The monoisotopic (exact) mass is 353 g/mol. The molecule has 1 aliphatic heterocycles. The van der Waals surface area contributed by atoms with Gasteiger partial charge in [0.2, 0.25) is 5.91 Å². The highest BCUT2D eigenvalue weighted by atomic mass is 16.5. The van der Waals surface area contributed by atoms with E-state index in [4.69, 9.17) is 9.47 Å². The lowest BCUT2D eigenvalue weighted by molar-refractivity contribution is -0.118. The second-order valence-electron chi connectivity index (χ2n) is 5.61. The molecular weight excluding hydrogens is 334 g/mol. The van der Waals surface area contributed by atoms with Crippen LogP contribution in [0.4, 0.5) is 11.4 Å². The maximum atomic E-state index is 12.6. The van der Waals surface area contributed by atoms with Gasteiger partial charge in [0.25, 0.3) is 5.91 Å². The van der Waals surface area contributed by atoms with E-state index < -0.39 is 0 Å². The van der Waals surface area contributed by atoms with Crippen molar-refractivity contribution in [3.05, 3.63) is 48.5 Å². The number of nitrogens with zero attached hydrogens (tertiary/aromatic N) is 2. The second kappa shape index (κ2) is 7.69. The molecule has 0 saturated heterocycles. The van der Waals surface area contributed by atoms with Crippen LogP contribution in [0.1, 0.15) is 12.8 Å². The molecule has 0 atom stereocenters. The van der Waals surface area contributed by atoms with E-state index in [1.807, 2.05) is 18.2 Å². The van der Waals surface area contributed by atoms with Crippen LogP contribution in [0.25, 0.3) is 0 Å². The number of hydrazone groups is 1. The zero-order valence-electron chi connectivity index (χ0n) is 14.6. The molecule has 3 rings (SSSR count). The van der Waals surface area contributed by atoms with Crippen LogP contribution in [0.2, 0.25) is 0 Å². The lowest BCUT2D eigenvalue weighted by Crippen LogP contribution is -2.36. The summed E-state index contributed by atoms with van der Waals surface area (Å²) in [5, 5.41) is 8.29. The number of para-hydroxylation sites is 1. The summed E-state index contributed by atoms with van der Waals surface area (Å²) in [7, 11) is 3.07. The van der Waals surface area contributed by atoms with E-state index in [-0.39, 0.29) is 30.4 Å². The molecule has 0 bridgehead atoms. The Hall–Kier alpha value is -3.35. The normalized spacial score (nSPS) is 13.8. The number of rotatable bonds is 5.